The smallest absolute Gasteiger partial charge is 0.408 e. The van der Waals surface area contributed by atoms with Gasteiger partial charge in [0.25, 0.3) is 5.91 Å². The molecule has 0 aromatic heterocycles. The molecule has 0 heterocycles. The summed E-state index contributed by atoms with van der Waals surface area (Å²) in [5, 5.41) is 13.2. The zero-order chi connectivity index (χ0) is 18.2. The van der Waals surface area contributed by atoms with Crippen molar-refractivity contribution in [3.63, 3.8) is 0 Å². The van der Waals surface area contributed by atoms with Crippen molar-refractivity contribution in [2.75, 3.05) is 0 Å². The monoisotopic (exact) mass is 342 g/mol. The van der Waals surface area contributed by atoms with Crippen molar-refractivity contribution in [3.05, 3.63) is 71.8 Å². The van der Waals surface area contributed by atoms with E-state index in [2.05, 4.69) is 5.32 Å². The van der Waals surface area contributed by atoms with Crippen LogP contribution in [0.3, 0.4) is 0 Å². The number of nitrogens with one attached hydrogen (secondary N) is 1. The molecule has 0 radical (unpaired) electrons. The van der Waals surface area contributed by atoms with E-state index >= 15 is 0 Å². The Labute approximate surface area is 147 Å². The summed E-state index contributed by atoms with van der Waals surface area (Å²) in [4.78, 5) is 24.1. The molecule has 6 nitrogen and oxygen atoms in total. The van der Waals surface area contributed by atoms with Crippen LogP contribution in [0, 0.1) is 0 Å². The van der Waals surface area contributed by atoms with E-state index in [1.165, 1.54) is 6.92 Å². The fourth-order valence-electron chi connectivity index (χ4n) is 2.27. The zero-order valence-corrected chi connectivity index (χ0v) is 14.3. The lowest BCUT2D eigenvalue weighted by molar-refractivity contribution is -0.177. The molecule has 2 rings (SSSR count). The molecule has 0 fully saturated rings. The first-order valence-corrected chi connectivity index (χ1v) is 8.03. The molecule has 2 aromatic carbocycles. The second-order valence-corrected chi connectivity index (χ2v) is 5.70. The number of amides is 2. The molecule has 2 atom stereocenters. The van der Waals surface area contributed by atoms with Crippen LogP contribution in [0.5, 0.6) is 0 Å². The summed E-state index contributed by atoms with van der Waals surface area (Å²) in [6.45, 7) is 3.30. The van der Waals surface area contributed by atoms with Crippen LogP contribution in [0.2, 0.25) is 0 Å². The first kappa shape index (κ1) is 18.5. The van der Waals surface area contributed by atoms with Gasteiger partial charge in [-0.2, -0.15) is 0 Å². The highest BCUT2D eigenvalue weighted by Gasteiger charge is 2.26. The Balaban J connectivity index is 1.85. The minimum Gasteiger partial charge on any atom is -0.445 e. The van der Waals surface area contributed by atoms with E-state index in [4.69, 9.17) is 4.74 Å². The lowest BCUT2D eigenvalue weighted by atomic mass is 10.1. The van der Waals surface area contributed by atoms with E-state index in [1.807, 2.05) is 60.7 Å². The maximum absolute atomic E-state index is 12.3. The molecule has 0 unspecified atom stereocenters. The third kappa shape index (κ3) is 5.32. The molecule has 0 spiro atoms. The summed E-state index contributed by atoms with van der Waals surface area (Å²) in [6, 6.07) is 16.9. The van der Waals surface area contributed by atoms with E-state index in [1.54, 1.807) is 6.92 Å². The summed E-state index contributed by atoms with van der Waals surface area (Å²) in [6.07, 6.45) is -0.717. The molecule has 0 aliphatic carbocycles. The summed E-state index contributed by atoms with van der Waals surface area (Å²) < 4.78 is 5.07. The normalized spacial score (nSPS) is 12.8. The second kappa shape index (κ2) is 8.84. The van der Waals surface area contributed by atoms with Crippen LogP contribution in [-0.4, -0.2) is 28.3 Å². The van der Waals surface area contributed by atoms with Crippen LogP contribution in [0.25, 0.3) is 0 Å². The number of nitrogens with zero attached hydrogens (tertiary/aromatic N) is 1. The fourth-order valence-corrected chi connectivity index (χ4v) is 2.27. The standard InChI is InChI=1S/C19H22N2O4/c1-14(20-19(23)25-13-16-9-5-3-6-10-16)18(22)21(24)15(2)17-11-7-4-8-12-17/h3-12,14-15,24H,13H2,1-2H3,(H,20,23)/t14-,15-/m0/s1. The van der Waals surface area contributed by atoms with Gasteiger partial charge in [-0.1, -0.05) is 60.7 Å². The van der Waals surface area contributed by atoms with Gasteiger partial charge in [0.2, 0.25) is 0 Å². The fraction of sp³-hybridized carbons (Fsp3) is 0.263. The van der Waals surface area contributed by atoms with Crippen molar-refractivity contribution in [2.24, 2.45) is 0 Å². The summed E-state index contributed by atoms with van der Waals surface area (Å²) in [7, 11) is 0. The molecule has 25 heavy (non-hydrogen) atoms. The Kier molecular flexibility index (Phi) is 6.54. The molecular weight excluding hydrogens is 320 g/mol. The molecular formula is C19H22N2O4. The van der Waals surface area contributed by atoms with E-state index in [-0.39, 0.29) is 6.61 Å². The Bertz CT molecular complexity index is 691. The zero-order valence-electron chi connectivity index (χ0n) is 14.3. The minimum absolute atomic E-state index is 0.108. The average molecular weight is 342 g/mol. The van der Waals surface area contributed by atoms with Crippen molar-refractivity contribution in [1.82, 2.24) is 10.4 Å². The summed E-state index contributed by atoms with van der Waals surface area (Å²) in [5.74, 6) is -0.618. The predicted molar refractivity (Wildman–Crippen MR) is 92.7 cm³/mol. The third-order valence-corrected chi connectivity index (χ3v) is 3.79. The van der Waals surface area contributed by atoms with Gasteiger partial charge in [0, 0.05) is 0 Å². The van der Waals surface area contributed by atoms with Crippen molar-refractivity contribution in [1.29, 1.82) is 0 Å². The van der Waals surface area contributed by atoms with Crippen LogP contribution in [0.4, 0.5) is 4.79 Å². The number of alkyl carbamates (subject to hydrolysis) is 1. The number of carbonyl (C=O) groups excluding carboxylic acids is 2. The molecule has 0 saturated heterocycles. The maximum atomic E-state index is 12.3. The number of carbonyl (C=O) groups is 2. The van der Waals surface area contributed by atoms with Gasteiger partial charge >= 0.3 is 6.09 Å². The first-order chi connectivity index (χ1) is 12.0. The highest BCUT2D eigenvalue weighted by molar-refractivity contribution is 5.84. The summed E-state index contributed by atoms with van der Waals surface area (Å²) >= 11 is 0. The average Bonchev–Trinajstić information content (AvgIpc) is 2.66. The van der Waals surface area contributed by atoms with Crippen LogP contribution >= 0.6 is 0 Å². The topological polar surface area (TPSA) is 78.9 Å². The molecule has 0 aliphatic heterocycles. The molecule has 2 amide bonds. The van der Waals surface area contributed by atoms with E-state index in [9.17, 15) is 14.8 Å². The van der Waals surface area contributed by atoms with Crippen LogP contribution in [0.15, 0.2) is 60.7 Å². The van der Waals surface area contributed by atoms with Crippen LogP contribution in [-0.2, 0) is 16.1 Å². The first-order valence-electron chi connectivity index (χ1n) is 8.03. The molecule has 132 valence electrons. The highest BCUT2D eigenvalue weighted by atomic mass is 16.5. The van der Waals surface area contributed by atoms with E-state index < -0.39 is 24.1 Å². The van der Waals surface area contributed by atoms with Gasteiger partial charge in [-0.25, -0.2) is 9.86 Å². The quantitative estimate of drug-likeness (QED) is 0.624. The third-order valence-electron chi connectivity index (χ3n) is 3.79. The molecule has 0 aliphatic rings. The predicted octanol–water partition coefficient (Wildman–Crippen LogP) is 3.28. The SMILES string of the molecule is C[C@H](NC(=O)OCc1ccccc1)C(=O)N(O)[C@@H](C)c1ccccc1. The van der Waals surface area contributed by atoms with Gasteiger partial charge in [-0.3, -0.25) is 10.0 Å². The number of hydrogen-bond donors (Lipinski definition) is 2. The number of benzene rings is 2. The Hall–Kier alpha value is -2.86. The Morgan fingerprint density at radius 2 is 1.60 bits per heavy atom. The molecule has 2 aromatic rings. The highest BCUT2D eigenvalue weighted by Crippen LogP contribution is 2.18. The molecule has 0 saturated carbocycles. The lowest BCUT2D eigenvalue weighted by Crippen LogP contribution is -2.46. The Morgan fingerprint density at radius 3 is 2.20 bits per heavy atom. The van der Waals surface area contributed by atoms with Crippen molar-refractivity contribution in [3.8, 4) is 0 Å². The van der Waals surface area contributed by atoms with Crippen LogP contribution < -0.4 is 5.32 Å². The van der Waals surface area contributed by atoms with Crippen molar-refractivity contribution >= 4 is 12.0 Å². The van der Waals surface area contributed by atoms with Gasteiger partial charge in [0.15, 0.2) is 0 Å². The van der Waals surface area contributed by atoms with Gasteiger partial charge in [0.05, 0.1) is 6.04 Å². The largest absolute Gasteiger partial charge is 0.445 e. The van der Waals surface area contributed by atoms with E-state index in [0.29, 0.717) is 5.06 Å². The van der Waals surface area contributed by atoms with Gasteiger partial charge in [0.1, 0.15) is 12.6 Å². The van der Waals surface area contributed by atoms with Crippen molar-refractivity contribution < 1.29 is 19.5 Å². The number of ether oxygens (including phenoxy) is 1. The second-order valence-electron chi connectivity index (χ2n) is 5.70. The van der Waals surface area contributed by atoms with Gasteiger partial charge < -0.3 is 10.1 Å². The number of rotatable bonds is 6. The van der Waals surface area contributed by atoms with E-state index in [0.717, 1.165) is 11.1 Å². The molecule has 0 bridgehead atoms. The van der Waals surface area contributed by atoms with Gasteiger partial charge in [-0.05, 0) is 25.0 Å². The minimum atomic E-state index is -0.917. The van der Waals surface area contributed by atoms with Gasteiger partial charge in [-0.15, -0.1) is 0 Å². The number of hydrogen-bond acceptors (Lipinski definition) is 4. The number of hydroxylamine groups is 2. The maximum Gasteiger partial charge on any atom is 0.408 e. The van der Waals surface area contributed by atoms with Crippen molar-refractivity contribution in [2.45, 2.75) is 32.5 Å². The lowest BCUT2D eigenvalue weighted by Gasteiger charge is -2.25. The molecule has 6 heteroatoms. The Morgan fingerprint density at radius 1 is 1.04 bits per heavy atom. The van der Waals surface area contributed by atoms with Crippen LogP contribution in [0.1, 0.15) is 31.0 Å². The molecule has 2 N–H and O–H groups in total. The summed E-state index contributed by atoms with van der Waals surface area (Å²) in [5.41, 5.74) is 1.63.